The molecule has 44 heavy (non-hydrogen) atoms. The second-order valence-corrected chi connectivity index (χ2v) is 11.3. The van der Waals surface area contributed by atoms with Crippen molar-refractivity contribution in [2.45, 2.75) is 38.0 Å². The van der Waals surface area contributed by atoms with Crippen molar-refractivity contribution >= 4 is 28.8 Å². The summed E-state index contributed by atoms with van der Waals surface area (Å²) in [6.07, 6.45) is 2.02. The number of rotatable bonds is 9. The largest absolute Gasteiger partial charge is 0.508 e. The molecule has 4 aromatic rings. The number of phenolic OH excluding ortho intramolecular Hbond substituents is 1. The van der Waals surface area contributed by atoms with Crippen molar-refractivity contribution < 1.29 is 19.5 Å². The van der Waals surface area contributed by atoms with E-state index in [2.05, 4.69) is 16.8 Å². The number of aryl methyl sites for hydroxylation is 2. The lowest BCUT2D eigenvalue weighted by Gasteiger charge is -2.55. The maximum atomic E-state index is 14.2. The number of fused-ring (bicyclic) bond motifs is 2. The number of hydrogen-bond donors (Lipinski definition) is 1. The average Bonchev–Trinajstić information content (AvgIpc) is 3.39. The van der Waals surface area contributed by atoms with Crippen LogP contribution in [0.1, 0.15) is 23.1 Å². The maximum Gasteiger partial charge on any atom is 0.246 e. The van der Waals surface area contributed by atoms with Crippen molar-refractivity contribution in [1.29, 1.82) is 0 Å². The Hall–Kier alpha value is -5.03. The Balaban J connectivity index is 1.35. The van der Waals surface area contributed by atoms with Crippen molar-refractivity contribution in [1.82, 2.24) is 34.8 Å². The van der Waals surface area contributed by atoms with Gasteiger partial charge in [0.15, 0.2) is 0 Å². The summed E-state index contributed by atoms with van der Waals surface area (Å²) in [6, 6.07) is 21.3. The first-order valence-corrected chi connectivity index (χ1v) is 14.7. The van der Waals surface area contributed by atoms with Gasteiger partial charge < -0.3 is 14.9 Å². The molecule has 0 aliphatic carbocycles. The van der Waals surface area contributed by atoms with Gasteiger partial charge in [0, 0.05) is 33.0 Å². The number of aromatic hydroxyl groups is 1. The first kappa shape index (κ1) is 29.1. The van der Waals surface area contributed by atoms with Crippen LogP contribution in [-0.4, -0.2) is 89.5 Å². The van der Waals surface area contributed by atoms with Gasteiger partial charge in [0.1, 0.15) is 29.0 Å². The topological polar surface area (TPSA) is 115 Å². The predicted octanol–water partition coefficient (Wildman–Crippen LogP) is 2.66. The molecule has 2 atom stereocenters. The molecule has 3 amide bonds. The molecule has 3 heterocycles. The van der Waals surface area contributed by atoms with Gasteiger partial charge in [-0.25, -0.2) is 10.0 Å². The third kappa shape index (κ3) is 5.91. The summed E-state index contributed by atoms with van der Waals surface area (Å²) < 4.78 is 0. The number of benzene rings is 3. The van der Waals surface area contributed by atoms with Crippen molar-refractivity contribution in [2.24, 2.45) is 7.05 Å². The smallest absolute Gasteiger partial charge is 0.246 e. The zero-order valence-corrected chi connectivity index (χ0v) is 24.6. The molecule has 1 N–H and O–H groups in total. The molecule has 0 radical (unpaired) electrons. The molecule has 0 unspecified atom stereocenters. The average molecular weight is 594 g/mol. The van der Waals surface area contributed by atoms with E-state index in [1.54, 1.807) is 57.2 Å². The molecule has 11 nitrogen and oxygen atoms in total. The van der Waals surface area contributed by atoms with Crippen LogP contribution in [0.2, 0.25) is 0 Å². The van der Waals surface area contributed by atoms with Crippen molar-refractivity contribution in [3.8, 4) is 5.75 Å². The van der Waals surface area contributed by atoms with E-state index >= 15 is 0 Å². The minimum absolute atomic E-state index is 0.0394. The number of carbonyl (C=O) groups is 3. The quantitative estimate of drug-likeness (QED) is 0.297. The third-order valence-corrected chi connectivity index (χ3v) is 8.18. The van der Waals surface area contributed by atoms with Crippen LogP contribution in [0.3, 0.4) is 0 Å². The van der Waals surface area contributed by atoms with Crippen LogP contribution in [-0.2, 0) is 40.8 Å². The number of aromatic nitrogens is 3. The van der Waals surface area contributed by atoms with Crippen molar-refractivity contribution in [3.63, 3.8) is 0 Å². The van der Waals surface area contributed by atoms with Crippen LogP contribution in [0.4, 0.5) is 0 Å². The monoisotopic (exact) mass is 593 g/mol. The third-order valence-electron chi connectivity index (χ3n) is 8.18. The van der Waals surface area contributed by atoms with Crippen molar-refractivity contribution in [2.75, 3.05) is 19.6 Å². The minimum atomic E-state index is -0.832. The van der Waals surface area contributed by atoms with Crippen molar-refractivity contribution in [3.05, 3.63) is 102 Å². The summed E-state index contributed by atoms with van der Waals surface area (Å²) >= 11 is 0. The Labute approximate surface area is 255 Å². The van der Waals surface area contributed by atoms with E-state index in [4.69, 9.17) is 0 Å². The summed E-state index contributed by atoms with van der Waals surface area (Å²) in [5, 5.41) is 22.0. The lowest BCUT2D eigenvalue weighted by Crippen LogP contribution is -2.75. The minimum Gasteiger partial charge on any atom is -0.508 e. The Morgan fingerprint density at radius 1 is 0.977 bits per heavy atom. The standard InChI is InChI=1S/C33H35N7O4/c1-3-17-38-22-32(43)39-29(19-24-9-13-26(41)14-10-24)33(44)37(20-25-11-15-27-28(18-25)35-36(2)34-27)21-30(39)40(38)31(42)16-12-23-7-5-4-6-8-23/h3-11,13-15,18,29-30,41H,1,12,16-17,19-22H2,2H3/t29-,30-/m0/s1. The molecule has 3 aromatic carbocycles. The van der Waals surface area contributed by atoms with Crippen LogP contribution < -0.4 is 0 Å². The fourth-order valence-corrected chi connectivity index (χ4v) is 6.16. The Bertz CT molecular complexity index is 1690. The first-order chi connectivity index (χ1) is 21.3. The summed E-state index contributed by atoms with van der Waals surface area (Å²) in [7, 11) is 1.76. The van der Waals surface area contributed by atoms with E-state index in [1.165, 1.54) is 4.80 Å². The molecule has 2 fully saturated rings. The Morgan fingerprint density at radius 2 is 1.70 bits per heavy atom. The molecule has 0 spiro atoms. The number of nitrogens with zero attached hydrogens (tertiary/aromatic N) is 7. The van der Waals surface area contributed by atoms with Crippen LogP contribution in [0.25, 0.3) is 11.0 Å². The fraction of sp³-hybridized carbons (Fsp3) is 0.303. The van der Waals surface area contributed by atoms with E-state index < -0.39 is 12.2 Å². The first-order valence-electron chi connectivity index (χ1n) is 14.7. The van der Waals surface area contributed by atoms with Crippen LogP contribution in [0, 0.1) is 0 Å². The second kappa shape index (κ2) is 12.3. The second-order valence-electron chi connectivity index (χ2n) is 11.3. The molecule has 6 rings (SSSR count). The van der Waals surface area contributed by atoms with Gasteiger partial charge in [0.25, 0.3) is 0 Å². The highest BCUT2D eigenvalue weighted by Crippen LogP contribution is 2.30. The van der Waals surface area contributed by atoms with Crippen LogP contribution >= 0.6 is 0 Å². The van der Waals surface area contributed by atoms with Crippen LogP contribution in [0.5, 0.6) is 5.75 Å². The molecule has 2 aliphatic heterocycles. The SMILES string of the molecule is C=CCN1CC(=O)N2[C@@H](Cc3ccc(O)cc3)C(=O)N(Cc3ccc4nn(C)nc4c3)C[C@@H]2N1C(=O)CCc1ccccc1. The summed E-state index contributed by atoms with van der Waals surface area (Å²) in [6.45, 7) is 4.56. The Morgan fingerprint density at radius 3 is 2.45 bits per heavy atom. The van der Waals surface area contributed by atoms with Gasteiger partial charge in [0.2, 0.25) is 17.7 Å². The molecule has 11 heteroatoms. The molecule has 2 aliphatic rings. The van der Waals surface area contributed by atoms with E-state index in [9.17, 15) is 19.5 Å². The molecular formula is C33H35N7O4. The number of amides is 3. The number of hydrogen-bond acceptors (Lipinski definition) is 7. The predicted molar refractivity (Wildman–Crippen MR) is 164 cm³/mol. The van der Waals surface area contributed by atoms with Gasteiger partial charge in [-0.1, -0.05) is 54.6 Å². The van der Waals surface area contributed by atoms with E-state index in [1.807, 2.05) is 48.5 Å². The lowest BCUT2D eigenvalue weighted by molar-refractivity contribution is -0.205. The lowest BCUT2D eigenvalue weighted by atomic mass is 9.98. The molecule has 0 saturated carbocycles. The van der Waals surface area contributed by atoms with Gasteiger partial charge >= 0.3 is 0 Å². The molecule has 2 saturated heterocycles. The molecule has 0 bridgehead atoms. The zero-order valence-electron chi connectivity index (χ0n) is 24.6. The maximum absolute atomic E-state index is 14.2. The van der Waals surface area contributed by atoms with Gasteiger partial charge in [-0.15, -0.1) is 6.58 Å². The number of hydrazine groups is 1. The number of piperazine rings is 1. The fourth-order valence-electron chi connectivity index (χ4n) is 6.16. The number of carbonyl (C=O) groups excluding carboxylic acids is 3. The van der Waals surface area contributed by atoms with Gasteiger partial charge in [-0.05, 0) is 47.4 Å². The molecular weight excluding hydrogens is 558 g/mol. The number of phenols is 1. The van der Waals surface area contributed by atoms with Crippen LogP contribution in [0.15, 0.2) is 85.5 Å². The van der Waals surface area contributed by atoms with E-state index in [-0.39, 0.29) is 55.9 Å². The highest BCUT2D eigenvalue weighted by atomic mass is 16.3. The molecule has 1 aromatic heterocycles. The highest BCUT2D eigenvalue weighted by molar-refractivity contribution is 5.92. The summed E-state index contributed by atoms with van der Waals surface area (Å²) in [5.74, 6) is -0.429. The van der Waals surface area contributed by atoms with Gasteiger partial charge in [-0.2, -0.15) is 15.0 Å². The van der Waals surface area contributed by atoms with E-state index in [0.29, 0.717) is 13.0 Å². The summed E-state index contributed by atoms with van der Waals surface area (Å²) in [5.41, 5.74) is 4.19. The zero-order chi connectivity index (χ0) is 30.8. The Kier molecular flexibility index (Phi) is 8.12. The summed E-state index contributed by atoms with van der Waals surface area (Å²) in [4.78, 5) is 46.7. The van der Waals surface area contributed by atoms with Gasteiger partial charge in [-0.3, -0.25) is 14.4 Å². The molecule has 226 valence electrons. The van der Waals surface area contributed by atoms with Gasteiger partial charge in [0.05, 0.1) is 13.1 Å². The highest BCUT2D eigenvalue weighted by Gasteiger charge is 2.51. The van der Waals surface area contributed by atoms with E-state index in [0.717, 1.165) is 27.7 Å². The normalized spacial score (nSPS) is 19.0.